The second kappa shape index (κ2) is 5.45. The Balaban J connectivity index is 1.51. The molecule has 1 aliphatic rings. The molecule has 0 radical (unpaired) electrons. The molecule has 1 aliphatic heterocycles. The molecule has 1 saturated heterocycles. The molecule has 23 heavy (non-hydrogen) atoms. The first kappa shape index (κ1) is 13.9. The number of imidazole rings is 1. The molecular weight excluding hydrogens is 294 g/mol. The molecule has 0 unspecified atom stereocenters. The summed E-state index contributed by atoms with van der Waals surface area (Å²) in [6.07, 6.45) is 4.80. The van der Waals surface area contributed by atoms with E-state index >= 15 is 0 Å². The van der Waals surface area contributed by atoms with Crippen molar-refractivity contribution in [3.8, 4) is 0 Å². The molecule has 0 bridgehead atoms. The van der Waals surface area contributed by atoms with Crippen molar-refractivity contribution in [1.82, 2.24) is 34.7 Å². The summed E-state index contributed by atoms with van der Waals surface area (Å²) in [6.45, 7) is 3.35. The molecule has 0 aromatic carbocycles. The number of carbonyl (C=O) groups is 1. The number of nitrogens with zero attached hydrogens (tertiary/aromatic N) is 6. The molecule has 0 atom stereocenters. The minimum atomic E-state index is 0.000945. The van der Waals surface area contributed by atoms with Crippen LogP contribution in [0.3, 0.4) is 0 Å². The highest BCUT2D eigenvalue weighted by molar-refractivity contribution is 5.92. The Kier molecular flexibility index (Phi) is 3.29. The van der Waals surface area contributed by atoms with Gasteiger partial charge in [-0.1, -0.05) is 0 Å². The topological polar surface area (TPSA) is 92.1 Å². The molecule has 1 amide bonds. The minimum absolute atomic E-state index is 0.000945. The van der Waals surface area contributed by atoms with Crippen molar-refractivity contribution < 1.29 is 4.79 Å². The summed E-state index contributed by atoms with van der Waals surface area (Å²) < 4.78 is 1.83. The third-order valence-corrected chi connectivity index (χ3v) is 4.30. The van der Waals surface area contributed by atoms with Gasteiger partial charge in [-0.3, -0.25) is 4.79 Å². The third kappa shape index (κ3) is 2.45. The maximum atomic E-state index is 12.3. The lowest BCUT2D eigenvalue weighted by molar-refractivity contribution is 0.0705. The molecular formula is C15H17N7O. The number of aryl methyl sites for hydroxylation is 1. The van der Waals surface area contributed by atoms with Gasteiger partial charge in [0.2, 0.25) is 0 Å². The number of rotatable bonds is 2. The first-order valence-corrected chi connectivity index (χ1v) is 7.69. The highest BCUT2D eigenvalue weighted by atomic mass is 16.2. The molecule has 3 aromatic rings. The van der Waals surface area contributed by atoms with Crippen molar-refractivity contribution in [1.29, 1.82) is 0 Å². The van der Waals surface area contributed by atoms with Crippen LogP contribution in [0.4, 0.5) is 0 Å². The van der Waals surface area contributed by atoms with E-state index in [1.54, 1.807) is 6.20 Å². The van der Waals surface area contributed by atoms with Gasteiger partial charge in [0.1, 0.15) is 5.69 Å². The van der Waals surface area contributed by atoms with E-state index in [0.29, 0.717) is 18.8 Å². The Hall–Kier alpha value is -2.77. The van der Waals surface area contributed by atoms with Crippen LogP contribution in [0.25, 0.3) is 5.65 Å². The van der Waals surface area contributed by atoms with Gasteiger partial charge in [-0.2, -0.15) is 9.61 Å². The van der Waals surface area contributed by atoms with Crippen LogP contribution in [0.1, 0.15) is 40.8 Å². The second-order valence-electron chi connectivity index (χ2n) is 5.83. The first-order chi connectivity index (χ1) is 11.2. The van der Waals surface area contributed by atoms with Crippen molar-refractivity contribution in [2.45, 2.75) is 25.7 Å². The van der Waals surface area contributed by atoms with Crippen LogP contribution in [0, 0.1) is 6.92 Å². The zero-order valence-corrected chi connectivity index (χ0v) is 12.8. The van der Waals surface area contributed by atoms with E-state index in [0.717, 1.165) is 30.0 Å². The number of hydrogen-bond donors (Lipinski definition) is 1. The molecule has 0 saturated carbocycles. The normalized spacial score (nSPS) is 16.1. The number of H-pyrrole nitrogens is 1. The largest absolute Gasteiger partial charge is 0.341 e. The van der Waals surface area contributed by atoms with Crippen molar-refractivity contribution in [3.05, 3.63) is 41.9 Å². The summed E-state index contributed by atoms with van der Waals surface area (Å²) in [4.78, 5) is 20.9. The molecule has 0 aliphatic carbocycles. The first-order valence-electron chi connectivity index (χ1n) is 7.69. The summed E-state index contributed by atoms with van der Waals surface area (Å²) in [7, 11) is 0. The maximum absolute atomic E-state index is 12.3. The molecule has 4 heterocycles. The number of hydrogen-bond acceptors (Lipinski definition) is 5. The summed E-state index contributed by atoms with van der Waals surface area (Å²) in [5.41, 5.74) is 2.24. The second-order valence-corrected chi connectivity index (χ2v) is 5.83. The zero-order chi connectivity index (χ0) is 15.8. The third-order valence-electron chi connectivity index (χ3n) is 4.30. The smallest absolute Gasteiger partial charge is 0.271 e. The number of likely N-dealkylation sites (tertiary alicyclic amines) is 1. The van der Waals surface area contributed by atoms with Gasteiger partial charge in [-0.05, 0) is 31.9 Å². The quantitative estimate of drug-likeness (QED) is 0.767. The Morgan fingerprint density at radius 1 is 1.26 bits per heavy atom. The standard InChI is InChI=1S/C15H17N7O/c1-10-2-3-13-18-19-14(22(13)20-10)11-4-6-21(7-5-11)15(23)12-8-16-9-17-12/h2-3,8-9,11H,4-7H2,1H3,(H,16,17). The highest BCUT2D eigenvalue weighted by Crippen LogP contribution is 2.27. The van der Waals surface area contributed by atoms with Crippen LogP contribution in [0.2, 0.25) is 0 Å². The van der Waals surface area contributed by atoms with Crippen LogP contribution in [0.5, 0.6) is 0 Å². The SMILES string of the molecule is Cc1ccc2nnc(C3CCN(C(=O)c4cnc[nH]4)CC3)n2n1. The van der Waals surface area contributed by atoms with E-state index in [1.165, 1.54) is 6.33 Å². The summed E-state index contributed by atoms with van der Waals surface area (Å²) in [6, 6.07) is 3.86. The average Bonchev–Trinajstić information content (AvgIpc) is 3.24. The molecule has 118 valence electrons. The van der Waals surface area contributed by atoms with Gasteiger partial charge >= 0.3 is 0 Å². The van der Waals surface area contributed by atoms with Crippen LogP contribution >= 0.6 is 0 Å². The van der Waals surface area contributed by atoms with Gasteiger partial charge < -0.3 is 9.88 Å². The monoisotopic (exact) mass is 311 g/mol. The molecule has 3 aromatic heterocycles. The molecule has 1 N–H and O–H groups in total. The predicted molar refractivity (Wildman–Crippen MR) is 82.0 cm³/mol. The number of amides is 1. The Labute approximate surface area is 132 Å². The van der Waals surface area contributed by atoms with Crippen molar-refractivity contribution in [2.24, 2.45) is 0 Å². The Morgan fingerprint density at radius 3 is 2.83 bits per heavy atom. The van der Waals surface area contributed by atoms with Gasteiger partial charge in [0.05, 0.1) is 18.2 Å². The number of piperidine rings is 1. The van der Waals surface area contributed by atoms with Crippen molar-refractivity contribution in [2.75, 3.05) is 13.1 Å². The summed E-state index contributed by atoms with van der Waals surface area (Å²) in [5.74, 6) is 1.16. The van der Waals surface area contributed by atoms with Gasteiger partial charge in [0.25, 0.3) is 5.91 Å². The van der Waals surface area contributed by atoms with E-state index < -0.39 is 0 Å². The zero-order valence-electron chi connectivity index (χ0n) is 12.8. The molecule has 4 rings (SSSR count). The van der Waals surface area contributed by atoms with Crippen molar-refractivity contribution >= 4 is 11.6 Å². The Morgan fingerprint density at radius 2 is 2.09 bits per heavy atom. The van der Waals surface area contributed by atoms with Gasteiger partial charge in [0, 0.05) is 19.0 Å². The van der Waals surface area contributed by atoms with E-state index in [4.69, 9.17) is 0 Å². The minimum Gasteiger partial charge on any atom is -0.341 e. The fourth-order valence-corrected chi connectivity index (χ4v) is 3.04. The van der Waals surface area contributed by atoms with Gasteiger partial charge in [-0.25, -0.2) is 4.98 Å². The lowest BCUT2D eigenvalue weighted by Crippen LogP contribution is -2.38. The number of aromatic amines is 1. The lowest BCUT2D eigenvalue weighted by Gasteiger charge is -2.30. The predicted octanol–water partition coefficient (Wildman–Crippen LogP) is 1.18. The summed E-state index contributed by atoms with van der Waals surface area (Å²) >= 11 is 0. The Bertz CT molecular complexity index is 831. The molecule has 0 spiro atoms. The highest BCUT2D eigenvalue weighted by Gasteiger charge is 2.28. The molecule has 8 heteroatoms. The van der Waals surface area contributed by atoms with E-state index in [9.17, 15) is 4.79 Å². The number of carbonyl (C=O) groups excluding carboxylic acids is 1. The number of fused-ring (bicyclic) bond motifs is 1. The number of nitrogens with one attached hydrogen (secondary N) is 1. The molecule has 8 nitrogen and oxygen atoms in total. The fourth-order valence-electron chi connectivity index (χ4n) is 3.04. The van der Waals surface area contributed by atoms with Crippen LogP contribution < -0.4 is 0 Å². The van der Waals surface area contributed by atoms with Crippen LogP contribution in [0.15, 0.2) is 24.7 Å². The van der Waals surface area contributed by atoms with Crippen molar-refractivity contribution in [3.63, 3.8) is 0 Å². The maximum Gasteiger partial charge on any atom is 0.271 e. The number of aromatic nitrogens is 6. The van der Waals surface area contributed by atoms with Crippen LogP contribution in [-0.4, -0.2) is 53.7 Å². The average molecular weight is 311 g/mol. The van der Waals surface area contributed by atoms with E-state index in [2.05, 4.69) is 25.3 Å². The summed E-state index contributed by atoms with van der Waals surface area (Å²) in [5, 5.41) is 13.0. The lowest BCUT2D eigenvalue weighted by atomic mass is 9.96. The van der Waals surface area contributed by atoms with Gasteiger partial charge in [-0.15, -0.1) is 10.2 Å². The fraction of sp³-hybridized carbons (Fsp3) is 0.400. The van der Waals surface area contributed by atoms with Crippen LogP contribution in [-0.2, 0) is 0 Å². The molecule has 1 fully saturated rings. The van der Waals surface area contributed by atoms with E-state index in [-0.39, 0.29) is 11.8 Å². The van der Waals surface area contributed by atoms with Gasteiger partial charge in [0.15, 0.2) is 11.5 Å². The van der Waals surface area contributed by atoms with E-state index in [1.807, 2.05) is 28.5 Å².